The van der Waals surface area contributed by atoms with Crippen LogP contribution in [0.4, 0.5) is 0 Å². The lowest BCUT2D eigenvalue weighted by molar-refractivity contribution is 0.809. The number of hydrogen-bond donors (Lipinski definition) is 1. The molecule has 0 radical (unpaired) electrons. The first-order valence-electron chi connectivity index (χ1n) is 3.63. The zero-order valence-electron chi connectivity index (χ0n) is 6.76. The summed E-state index contributed by atoms with van der Waals surface area (Å²) in [7, 11) is 0. The Kier molecular flexibility index (Phi) is 2.68. The number of halogens is 1. The molecule has 0 aromatic heterocycles. The molecule has 0 amide bonds. The van der Waals surface area contributed by atoms with E-state index in [1.165, 1.54) is 11.1 Å². The van der Waals surface area contributed by atoms with Gasteiger partial charge in [0.25, 0.3) is 0 Å². The van der Waals surface area contributed by atoms with Crippen molar-refractivity contribution in [3.8, 4) is 0 Å². The molecular formula is C9H12BrN. The van der Waals surface area contributed by atoms with Gasteiger partial charge in [0.2, 0.25) is 0 Å². The molecule has 0 saturated carbocycles. The minimum atomic E-state index is 0.118. The van der Waals surface area contributed by atoms with Crippen molar-refractivity contribution in [2.75, 3.05) is 0 Å². The lowest BCUT2D eigenvalue weighted by Crippen LogP contribution is -2.06. The quantitative estimate of drug-likeness (QED) is 0.764. The van der Waals surface area contributed by atoms with Crippen LogP contribution in [0.3, 0.4) is 0 Å². The third kappa shape index (κ3) is 2.04. The maximum absolute atomic E-state index is 5.76. The molecule has 0 saturated heterocycles. The van der Waals surface area contributed by atoms with Crippen LogP contribution in [-0.4, -0.2) is 0 Å². The van der Waals surface area contributed by atoms with Crippen molar-refractivity contribution in [2.24, 2.45) is 5.73 Å². The van der Waals surface area contributed by atoms with Crippen molar-refractivity contribution in [3.05, 3.63) is 33.8 Å². The Morgan fingerprint density at radius 1 is 1.45 bits per heavy atom. The van der Waals surface area contributed by atoms with E-state index in [1.807, 2.05) is 13.0 Å². The fraction of sp³-hybridized carbons (Fsp3) is 0.333. The molecule has 1 aromatic rings. The lowest BCUT2D eigenvalue weighted by Gasteiger charge is -2.09. The summed E-state index contributed by atoms with van der Waals surface area (Å²) < 4.78 is 1.09. The maximum atomic E-state index is 5.76. The summed E-state index contributed by atoms with van der Waals surface area (Å²) in [6.45, 7) is 4.07. The third-order valence-electron chi connectivity index (χ3n) is 1.73. The highest BCUT2D eigenvalue weighted by Gasteiger charge is 2.02. The summed E-state index contributed by atoms with van der Waals surface area (Å²) >= 11 is 3.41. The van der Waals surface area contributed by atoms with Gasteiger partial charge in [0.1, 0.15) is 0 Å². The third-order valence-corrected chi connectivity index (χ3v) is 2.23. The Labute approximate surface area is 75.7 Å². The number of nitrogens with two attached hydrogens (primary N) is 1. The first kappa shape index (κ1) is 8.75. The fourth-order valence-electron chi connectivity index (χ4n) is 1.10. The average Bonchev–Trinajstić information content (AvgIpc) is 1.94. The average molecular weight is 214 g/mol. The van der Waals surface area contributed by atoms with Crippen LogP contribution in [0.5, 0.6) is 0 Å². The van der Waals surface area contributed by atoms with Gasteiger partial charge < -0.3 is 5.73 Å². The molecule has 1 rings (SSSR count). The van der Waals surface area contributed by atoms with Crippen LogP contribution in [0, 0.1) is 6.92 Å². The molecule has 1 nitrogen and oxygen atoms in total. The van der Waals surface area contributed by atoms with E-state index < -0.39 is 0 Å². The van der Waals surface area contributed by atoms with Gasteiger partial charge in [-0.2, -0.15) is 0 Å². The van der Waals surface area contributed by atoms with Gasteiger partial charge in [0, 0.05) is 10.5 Å². The van der Waals surface area contributed by atoms with Crippen LogP contribution >= 0.6 is 15.9 Å². The summed E-state index contributed by atoms with van der Waals surface area (Å²) in [6, 6.07) is 6.29. The molecular weight excluding hydrogens is 202 g/mol. The van der Waals surface area contributed by atoms with Crippen LogP contribution in [0.1, 0.15) is 24.1 Å². The molecule has 0 heterocycles. The largest absolute Gasteiger partial charge is 0.324 e. The minimum Gasteiger partial charge on any atom is -0.324 e. The Bertz CT molecular complexity index is 256. The molecule has 2 N–H and O–H groups in total. The van der Waals surface area contributed by atoms with Crippen molar-refractivity contribution in [3.63, 3.8) is 0 Å². The molecule has 1 aromatic carbocycles. The number of benzene rings is 1. The van der Waals surface area contributed by atoms with Crippen molar-refractivity contribution >= 4 is 15.9 Å². The van der Waals surface area contributed by atoms with E-state index in [-0.39, 0.29) is 6.04 Å². The van der Waals surface area contributed by atoms with Gasteiger partial charge in [0.15, 0.2) is 0 Å². The Morgan fingerprint density at radius 3 is 2.55 bits per heavy atom. The van der Waals surface area contributed by atoms with E-state index >= 15 is 0 Å². The topological polar surface area (TPSA) is 26.0 Å². The Morgan fingerprint density at radius 2 is 2.09 bits per heavy atom. The predicted octanol–water partition coefficient (Wildman–Crippen LogP) is 2.78. The van der Waals surface area contributed by atoms with E-state index in [0.717, 1.165) is 4.47 Å². The Hall–Kier alpha value is -0.340. The smallest absolute Gasteiger partial charge is 0.0269 e. The maximum Gasteiger partial charge on any atom is 0.0269 e. The normalized spacial score (nSPS) is 13.1. The van der Waals surface area contributed by atoms with Crippen LogP contribution in [0.25, 0.3) is 0 Å². The lowest BCUT2D eigenvalue weighted by atomic mass is 10.0. The standard InChI is InChI=1S/C9H12BrN/c1-6-3-4-8(10)5-9(6)7(2)11/h3-5,7H,11H2,1-2H3. The SMILES string of the molecule is Cc1ccc(Br)cc1C(C)N. The van der Waals surface area contributed by atoms with Gasteiger partial charge >= 0.3 is 0 Å². The molecule has 2 heteroatoms. The molecule has 11 heavy (non-hydrogen) atoms. The van der Waals surface area contributed by atoms with Crippen LogP contribution in [-0.2, 0) is 0 Å². The zero-order valence-corrected chi connectivity index (χ0v) is 8.35. The minimum absolute atomic E-state index is 0.118. The van der Waals surface area contributed by atoms with Gasteiger partial charge in [-0.15, -0.1) is 0 Å². The second-order valence-electron chi connectivity index (χ2n) is 2.79. The first-order chi connectivity index (χ1) is 5.11. The molecule has 0 aliphatic carbocycles. The summed E-state index contributed by atoms with van der Waals surface area (Å²) in [5.41, 5.74) is 8.22. The van der Waals surface area contributed by atoms with Gasteiger partial charge in [-0.25, -0.2) is 0 Å². The van der Waals surface area contributed by atoms with E-state index in [0.29, 0.717) is 0 Å². The second kappa shape index (κ2) is 3.37. The molecule has 0 spiro atoms. The van der Waals surface area contributed by atoms with Crippen molar-refractivity contribution in [1.29, 1.82) is 0 Å². The summed E-state index contributed by atoms with van der Waals surface area (Å²) in [4.78, 5) is 0. The number of hydrogen-bond acceptors (Lipinski definition) is 1. The van der Waals surface area contributed by atoms with Crippen molar-refractivity contribution < 1.29 is 0 Å². The monoisotopic (exact) mass is 213 g/mol. The second-order valence-corrected chi connectivity index (χ2v) is 3.71. The highest BCUT2D eigenvalue weighted by Crippen LogP contribution is 2.20. The summed E-state index contributed by atoms with van der Waals surface area (Å²) in [5, 5.41) is 0. The predicted molar refractivity (Wildman–Crippen MR) is 51.5 cm³/mol. The van der Waals surface area contributed by atoms with Crippen LogP contribution < -0.4 is 5.73 Å². The van der Waals surface area contributed by atoms with E-state index in [4.69, 9.17) is 5.73 Å². The molecule has 60 valence electrons. The van der Waals surface area contributed by atoms with E-state index in [1.54, 1.807) is 0 Å². The molecule has 1 unspecified atom stereocenters. The summed E-state index contributed by atoms with van der Waals surface area (Å²) in [6.07, 6.45) is 0. The van der Waals surface area contributed by atoms with E-state index in [2.05, 4.69) is 35.0 Å². The van der Waals surface area contributed by atoms with Gasteiger partial charge in [0.05, 0.1) is 0 Å². The Balaban J connectivity index is 3.13. The molecule has 1 atom stereocenters. The number of rotatable bonds is 1. The fourth-order valence-corrected chi connectivity index (χ4v) is 1.48. The highest BCUT2D eigenvalue weighted by molar-refractivity contribution is 9.10. The zero-order chi connectivity index (χ0) is 8.43. The molecule has 0 fully saturated rings. The van der Waals surface area contributed by atoms with Crippen molar-refractivity contribution in [2.45, 2.75) is 19.9 Å². The summed E-state index contributed by atoms with van der Waals surface area (Å²) in [5.74, 6) is 0. The van der Waals surface area contributed by atoms with Crippen molar-refractivity contribution in [1.82, 2.24) is 0 Å². The molecule has 0 aliphatic rings. The number of aryl methyl sites for hydroxylation is 1. The van der Waals surface area contributed by atoms with Crippen LogP contribution in [0.2, 0.25) is 0 Å². The molecule has 0 aliphatic heterocycles. The highest BCUT2D eigenvalue weighted by atomic mass is 79.9. The van der Waals surface area contributed by atoms with Gasteiger partial charge in [-0.3, -0.25) is 0 Å². The first-order valence-corrected chi connectivity index (χ1v) is 4.42. The molecule has 0 bridgehead atoms. The van der Waals surface area contributed by atoms with E-state index in [9.17, 15) is 0 Å². The van der Waals surface area contributed by atoms with Gasteiger partial charge in [-0.05, 0) is 37.1 Å². The van der Waals surface area contributed by atoms with Gasteiger partial charge in [-0.1, -0.05) is 22.0 Å². The van der Waals surface area contributed by atoms with Crippen LogP contribution in [0.15, 0.2) is 22.7 Å².